The third-order valence-electron chi connectivity index (χ3n) is 2.39. The lowest BCUT2D eigenvalue weighted by atomic mass is 10.2. The van der Waals surface area contributed by atoms with Crippen molar-refractivity contribution in [3.05, 3.63) is 46.3 Å². The molecule has 0 saturated carbocycles. The van der Waals surface area contributed by atoms with Gasteiger partial charge in [0.25, 0.3) is 0 Å². The van der Waals surface area contributed by atoms with Gasteiger partial charge in [-0.2, -0.15) is 0 Å². The number of anilines is 3. The molecule has 1 heterocycles. The van der Waals surface area contributed by atoms with E-state index >= 15 is 0 Å². The largest absolute Gasteiger partial charge is 0.396 e. The van der Waals surface area contributed by atoms with E-state index in [1.54, 1.807) is 24.4 Å². The first kappa shape index (κ1) is 11.9. The molecule has 0 aliphatic carbocycles. The Morgan fingerprint density at radius 2 is 2.12 bits per heavy atom. The molecule has 17 heavy (non-hydrogen) atoms. The maximum absolute atomic E-state index is 13.5. The highest BCUT2D eigenvalue weighted by atomic mass is 79.9. The van der Waals surface area contributed by atoms with Crippen LogP contribution in [0.15, 0.2) is 34.9 Å². The second-order valence-corrected chi connectivity index (χ2v) is 4.55. The van der Waals surface area contributed by atoms with Gasteiger partial charge in [0.2, 0.25) is 0 Å². The number of hydrogen-bond donors (Lipinski definition) is 2. The first-order valence-corrected chi connectivity index (χ1v) is 5.80. The van der Waals surface area contributed by atoms with Gasteiger partial charge in [-0.05, 0) is 36.8 Å². The first-order valence-electron chi connectivity index (χ1n) is 5.01. The molecule has 5 heteroatoms. The molecule has 0 fully saturated rings. The van der Waals surface area contributed by atoms with E-state index in [1.165, 1.54) is 6.07 Å². The third kappa shape index (κ3) is 2.55. The zero-order valence-electron chi connectivity index (χ0n) is 9.17. The van der Waals surface area contributed by atoms with Crippen LogP contribution < -0.4 is 11.1 Å². The number of pyridine rings is 1. The first-order chi connectivity index (χ1) is 8.08. The van der Waals surface area contributed by atoms with Crippen LogP contribution in [0, 0.1) is 12.7 Å². The van der Waals surface area contributed by atoms with Crippen molar-refractivity contribution in [3.63, 3.8) is 0 Å². The lowest BCUT2D eigenvalue weighted by Gasteiger charge is -2.10. The molecular weight excluding hydrogens is 285 g/mol. The maximum Gasteiger partial charge on any atom is 0.153 e. The average molecular weight is 296 g/mol. The summed E-state index contributed by atoms with van der Waals surface area (Å²) in [5.74, 6) is 0.109. The highest BCUT2D eigenvalue weighted by molar-refractivity contribution is 9.10. The van der Waals surface area contributed by atoms with Crippen LogP contribution in [0.4, 0.5) is 21.6 Å². The van der Waals surface area contributed by atoms with Gasteiger partial charge < -0.3 is 11.1 Å². The van der Waals surface area contributed by atoms with E-state index in [9.17, 15) is 4.39 Å². The van der Waals surface area contributed by atoms with Crippen LogP contribution in [0.5, 0.6) is 0 Å². The quantitative estimate of drug-likeness (QED) is 0.890. The van der Waals surface area contributed by atoms with Gasteiger partial charge in [0.15, 0.2) is 5.82 Å². The van der Waals surface area contributed by atoms with Crippen molar-refractivity contribution in [1.29, 1.82) is 0 Å². The molecular formula is C12H11BrFN3. The number of benzene rings is 1. The Bertz CT molecular complexity index is 557. The Hall–Kier alpha value is -1.62. The molecule has 0 amide bonds. The number of hydrogen-bond acceptors (Lipinski definition) is 3. The van der Waals surface area contributed by atoms with Crippen LogP contribution in [0.25, 0.3) is 0 Å². The van der Waals surface area contributed by atoms with Crippen LogP contribution in [0.2, 0.25) is 0 Å². The number of nitrogens with two attached hydrogens (primary N) is 1. The molecule has 0 saturated heterocycles. The van der Waals surface area contributed by atoms with Gasteiger partial charge in [-0.25, -0.2) is 9.37 Å². The van der Waals surface area contributed by atoms with E-state index in [-0.39, 0.29) is 5.82 Å². The minimum atomic E-state index is -0.351. The topological polar surface area (TPSA) is 50.9 Å². The number of nitrogens with one attached hydrogen (secondary N) is 1. The summed E-state index contributed by atoms with van der Waals surface area (Å²) in [7, 11) is 0. The molecule has 2 rings (SSSR count). The van der Waals surface area contributed by atoms with E-state index in [2.05, 4.69) is 26.2 Å². The van der Waals surface area contributed by atoms with Crippen molar-refractivity contribution >= 4 is 33.1 Å². The van der Waals surface area contributed by atoms with Crippen LogP contribution in [-0.4, -0.2) is 4.98 Å². The molecule has 3 nitrogen and oxygen atoms in total. The number of aromatic nitrogens is 1. The van der Waals surface area contributed by atoms with Gasteiger partial charge in [-0.15, -0.1) is 0 Å². The number of nitrogens with zero attached hydrogens (tertiary/aromatic N) is 1. The predicted molar refractivity (Wildman–Crippen MR) is 70.8 cm³/mol. The number of halogens is 2. The fourth-order valence-electron chi connectivity index (χ4n) is 1.39. The molecule has 0 atom stereocenters. The van der Waals surface area contributed by atoms with Crippen molar-refractivity contribution in [2.75, 3.05) is 11.1 Å². The molecule has 3 N–H and O–H groups in total. The zero-order valence-corrected chi connectivity index (χ0v) is 10.8. The molecule has 0 unspecified atom stereocenters. The van der Waals surface area contributed by atoms with Crippen LogP contribution in [0.3, 0.4) is 0 Å². The molecule has 2 aromatic rings. The Morgan fingerprint density at radius 1 is 1.35 bits per heavy atom. The number of aryl methyl sites for hydroxylation is 1. The third-order valence-corrected chi connectivity index (χ3v) is 2.88. The van der Waals surface area contributed by atoms with Gasteiger partial charge in [0, 0.05) is 10.7 Å². The van der Waals surface area contributed by atoms with E-state index in [0.717, 1.165) is 10.0 Å². The van der Waals surface area contributed by atoms with Gasteiger partial charge in [-0.3, -0.25) is 0 Å². The Kier molecular flexibility index (Phi) is 3.28. The summed E-state index contributed by atoms with van der Waals surface area (Å²) >= 11 is 3.28. The summed E-state index contributed by atoms with van der Waals surface area (Å²) in [5.41, 5.74) is 7.62. The molecule has 0 aliphatic heterocycles. The van der Waals surface area contributed by atoms with E-state index in [1.807, 2.05) is 6.92 Å². The van der Waals surface area contributed by atoms with Crippen molar-refractivity contribution in [3.8, 4) is 0 Å². The molecule has 0 bridgehead atoms. The van der Waals surface area contributed by atoms with Crippen molar-refractivity contribution in [1.82, 2.24) is 4.98 Å². The zero-order chi connectivity index (χ0) is 12.4. The van der Waals surface area contributed by atoms with Crippen LogP contribution in [-0.2, 0) is 0 Å². The standard InChI is InChI=1S/C12H11BrFN3/c1-7-4-5-16-12(11(7)15)17-10-6-8(13)2-3-9(10)14/h2-6H,15H2,1H3,(H,16,17). The molecule has 1 aromatic heterocycles. The van der Waals surface area contributed by atoms with Gasteiger partial charge >= 0.3 is 0 Å². The highest BCUT2D eigenvalue weighted by Crippen LogP contribution is 2.26. The lowest BCUT2D eigenvalue weighted by molar-refractivity contribution is 0.631. The molecule has 0 radical (unpaired) electrons. The normalized spacial score (nSPS) is 10.3. The SMILES string of the molecule is Cc1ccnc(Nc2cc(Br)ccc2F)c1N. The number of rotatable bonds is 2. The Balaban J connectivity index is 2.38. The maximum atomic E-state index is 13.5. The minimum Gasteiger partial charge on any atom is -0.396 e. The van der Waals surface area contributed by atoms with Gasteiger partial charge in [0.1, 0.15) is 5.82 Å². The number of nitrogen functional groups attached to an aromatic ring is 1. The minimum absolute atomic E-state index is 0.337. The summed E-state index contributed by atoms with van der Waals surface area (Å²) in [5, 5.41) is 2.88. The van der Waals surface area contributed by atoms with Crippen molar-refractivity contribution < 1.29 is 4.39 Å². The van der Waals surface area contributed by atoms with Crippen molar-refractivity contribution in [2.24, 2.45) is 0 Å². The molecule has 0 spiro atoms. The van der Waals surface area contributed by atoms with Gasteiger partial charge in [0.05, 0.1) is 11.4 Å². The highest BCUT2D eigenvalue weighted by Gasteiger charge is 2.07. The fourth-order valence-corrected chi connectivity index (χ4v) is 1.75. The summed E-state index contributed by atoms with van der Waals surface area (Å²) in [6.45, 7) is 1.87. The van der Waals surface area contributed by atoms with Gasteiger partial charge in [-0.1, -0.05) is 15.9 Å². The van der Waals surface area contributed by atoms with E-state index in [4.69, 9.17) is 5.73 Å². The van der Waals surface area contributed by atoms with Crippen LogP contribution >= 0.6 is 15.9 Å². The van der Waals surface area contributed by atoms with E-state index < -0.39 is 0 Å². The summed E-state index contributed by atoms with van der Waals surface area (Å²) in [6.07, 6.45) is 1.63. The molecule has 88 valence electrons. The van der Waals surface area contributed by atoms with E-state index in [0.29, 0.717) is 17.2 Å². The summed E-state index contributed by atoms with van der Waals surface area (Å²) in [6, 6.07) is 6.45. The smallest absolute Gasteiger partial charge is 0.153 e. The monoisotopic (exact) mass is 295 g/mol. The predicted octanol–water partition coefficient (Wildman–Crippen LogP) is 3.62. The second kappa shape index (κ2) is 4.71. The lowest BCUT2D eigenvalue weighted by Crippen LogP contribution is -2.02. The fraction of sp³-hybridized carbons (Fsp3) is 0.0833. The van der Waals surface area contributed by atoms with Crippen molar-refractivity contribution in [2.45, 2.75) is 6.92 Å². The molecule has 1 aromatic carbocycles. The summed E-state index contributed by atoms with van der Waals surface area (Å²) < 4.78 is 14.3. The Labute approximate surface area is 107 Å². The van der Waals surface area contributed by atoms with Crippen LogP contribution in [0.1, 0.15) is 5.56 Å². The summed E-state index contributed by atoms with van der Waals surface area (Å²) in [4.78, 5) is 4.09. The second-order valence-electron chi connectivity index (χ2n) is 3.64. The molecule has 0 aliphatic rings. The Morgan fingerprint density at radius 3 is 2.88 bits per heavy atom. The average Bonchev–Trinajstić information content (AvgIpc) is 2.30.